The second kappa shape index (κ2) is 6.25. The molecule has 0 saturated carbocycles. The Balaban J connectivity index is 2.00. The molecule has 0 aromatic heterocycles. The number of aliphatic hydroxyl groups excluding tert-OH is 1. The van der Waals surface area contributed by atoms with E-state index in [-0.39, 0.29) is 6.10 Å². The lowest BCUT2D eigenvalue weighted by atomic mass is 9.92. The van der Waals surface area contributed by atoms with E-state index >= 15 is 0 Å². The molecule has 1 saturated heterocycles. The fourth-order valence-corrected chi connectivity index (χ4v) is 3.38. The molecule has 1 aromatic rings. The monoisotopic (exact) mass is 327 g/mol. The lowest BCUT2D eigenvalue weighted by Crippen LogP contribution is -2.36. The van der Waals surface area contributed by atoms with Crippen LogP contribution in [0.15, 0.2) is 16.6 Å². The fraction of sp³-hybridized carbons (Fsp3) is 0.600. The van der Waals surface area contributed by atoms with Crippen molar-refractivity contribution in [3.8, 4) is 5.75 Å². The van der Waals surface area contributed by atoms with Gasteiger partial charge >= 0.3 is 0 Å². The number of phenolic OH excluding ortho intramolecular Hbond substituents is 1. The summed E-state index contributed by atoms with van der Waals surface area (Å²) in [6, 6.07) is 3.92. The largest absolute Gasteiger partial charge is 0.507 e. The lowest BCUT2D eigenvalue weighted by Gasteiger charge is -2.33. The van der Waals surface area contributed by atoms with Gasteiger partial charge in [-0.1, -0.05) is 15.9 Å². The molecule has 4 heteroatoms. The first-order chi connectivity index (χ1) is 8.97. The van der Waals surface area contributed by atoms with E-state index in [2.05, 4.69) is 20.8 Å². The molecule has 1 heterocycles. The smallest absolute Gasteiger partial charge is 0.123 e. The normalized spacial score (nSPS) is 19.6. The minimum absolute atomic E-state index is 0.205. The minimum atomic E-state index is -0.205. The SMILES string of the molecule is Cc1cc(Br)cc(CN2CCC(C(C)O)CC2)c1O. The molecule has 2 N–H and O–H groups in total. The Morgan fingerprint density at radius 1 is 1.37 bits per heavy atom. The van der Waals surface area contributed by atoms with Gasteiger partial charge in [-0.2, -0.15) is 0 Å². The van der Waals surface area contributed by atoms with Gasteiger partial charge < -0.3 is 10.2 Å². The molecule has 19 heavy (non-hydrogen) atoms. The van der Waals surface area contributed by atoms with Gasteiger partial charge in [0.25, 0.3) is 0 Å². The zero-order valence-electron chi connectivity index (χ0n) is 11.6. The number of nitrogens with zero attached hydrogens (tertiary/aromatic N) is 1. The number of hydrogen-bond donors (Lipinski definition) is 2. The number of aliphatic hydroxyl groups is 1. The highest BCUT2D eigenvalue weighted by molar-refractivity contribution is 9.10. The molecule has 1 atom stereocenters. The average Bonchev–Trinajstić information content (AvgIpc) is 2.36. The van der Waals surface area contributed by atoms with Crippen LogP contribution in [0.2, 0.25) is 0 Å². The van der Waals surface area contributed by atoms with Crippen LogP contribution in [0.3, 0.4) is 0 Å². The number of rotatable bonds is 3. The van der Waals surface area contributed by atoms with E-state index in [1.54, 1.807) is 0 Å². The van der Waals surface area contributed by atoms with Gasteiger partial charge in [-0.3, -0.25) is 4.90 Å². The van der Waals surface area contributed by atoms with Gasteiger partial charge in [0.2, 0.25) is 0 Å². The number of likely N-dealkylation sites (tertiary alicyclic amines) is 1. The summed E-state index contributed by atoms with van der Waals surface area (Å²) >= 11 is 3.48. The first-order valence-corrected chi connectivity index (χ1v) is 7.65. The van der Waals surface area contributed by atoms with Crippen LogP contribution < -0.4 is 0 Å². The van der Waals surface area contributed by atoms with Gasteiger partial charge in [0.15, 0.2) is 0 Å². The van der Waals surface area contributed by atoms with Crippen molar-refractivity contribution in [1.82, 2.24) is 4.90 Å². The Kier molecular flexibility index (Phi) is 4.87. The Labute approximate surface area is 123 Å². The van der Waals surface area contributed by atoms with Crippen LogP contribution in [0.25, 0.3) is 0 Å². The van der Waals surface area contributed by atoms with Crippen LogP contribution in [0.4, 0.5) is 0 Å². The highest BCUT2D eigenvalue weighted by atomic mass is 79.9. The summed E-state index contributed by atoms with van der Waals surface area (Å²) in [7, 11) is 0. The van der Waals surface area contributed by atoms with Gasteiger partial charge in [0.1, 0.15) is 5.75 Å². The third-order valence-electron chi connectivity index (χ3n) is 4.05. The topological polar surface area (TPSA) is 43.7 Å². The van der Waals surface area contributed by atoms with E-state index in [4.69, 9.17) is 0 Å². The number of aromatic hydroxyl groups is 1. The predicted octanol–water partition coefficient (Wildman–Crippen LogP) is 3.06. The van der Waals surface area contributed by atoms with Crippen LogP contribution in [0.1, 0.15) is 30.9 Å². The maximum absolute atomic E-state index is 10.1. The van der Waals surface area contributed by atoms with Crippen molar-refractivity contribution in [3.63, 3.8) is 0 Å². The Hall–Kier alpha value is -0.580. The molecule has 106 valence electrons. The molecule has 0 amide bonds. The molecule has 1 fully saturated rings. The van der Waals surface area contributed by atoms with E-state index in [9.17, 15) is 10.2 Å². The average molecular weight is 328 g/mol. The molecule has 0 spiro atoms. The van der Waals surface area contributed by atoms with Crippen LogP contribution in [0.5, 0.6) is 5.75 Å². The third-order valence-corrected chi connectivity index (χ3v) is 4.51. The number of aryl methyl sites for hydroxylation is 1. The second-order valence-corrected chi connectivity index (χ2v) is 6.50. The van der Waals surface area contributed by atoms with Crippen molar-refractivity contribution in [2.45, 2.75) is 39.3 Å². The standard InChI is InChI=1S/C15H22BrNO2/c1-10-7-14(16)8-13(15(10)19)9-17-5-3-12(4-6-17)11(2)18/h7-8,11-12,18-19H,3-6,9H2,1-2H3. The van der Waals surface area contributed by atoms with E-state index in [1.165, 1.54) is 0 Å². The molecule has 0 aliphatic carbocycles. The summed E-state index contributed by atoms with van der Waals surface area (Å²) in [5, 5.41) is 19.7. The lowest BCUT2D eigenvalue weighted by molar-refractivity contribution is 0.0693. The van der Waals surface area contributed by atoms with E-state index in [0.29, 0.717) is 11.7 Å². The summed E-state index contributed by atoms with van der Waals surface area (Å²) in [6.07, 6.45) is 1.86. The Morgan fingerprint density at radius 2 is 2.00 bits per heavy atom. The first kappa shape index (κ1) is 14.8. The first-order valence-electron chi connectivity index (χ1n) is 6.85. The number of phenols is 1. The summed E-state index contributed by atoms with van der Waals surface area (Å²) in [5.74, 6) is 0.829. The fourth-order valence-electron chi connectivity index (χ4n) is 2.76. The number of benzene rings is 1. The van der Waals surface area contributed by atoms with E-state index in [1.807, 2.05) is 26.0 Å². The quantitative estimate of drug-likeness (QED) is 0.896. The molecule has 0 bridgehead atoms. The predicted molar refractivity (Wildman–Crippen MR) is 80.2 cm³/mol. The molecule has 1 aliphatic rings. The van der Waals surface area contributed by atoms with Gasteiger partial charge in [0, 0.05) is 16.6 Å². The van der Waals surface area contributed by atoms with Crippen LogP contribution in [-0.4, -0.2) is 34.3 Å². The van der Waals surface area contributed by atoms with Crippen LogP contribution in [-0.2, 0) is 6.54 Å². The molecule has 1 aromatic carbocycles. The number of hydrogen-bond acceptors (Lipinski definition) is 3. The molecule has 2 rings (SSSR count). The zero-order chi connectivity index (χ0) is 14.0. The Bertz CT molecular complexity index is 440. The van der Waals surface area contributed by atoms with E-state index in [0.717, 1.165) is 48.1 Å². The van der Waals surface area contributed by atoms with Crippen LogP contribution in [0, 0.1) is 12.8 Å². The van der Waals surface area contributed by atoms with Gasteiger partial charge in [-0.05, 0) is 63.4 Å². The molecule has 1 aliphatic heterocycles. The summed E-state index contributed by atoms with van der Waals surface area (Å²) in [5.41, 5.74) is 1.88. The van der Waals surface area contributed by atoms with Gasteiger partial charge in [-0.25, -0.2) is 0 Å². The number of halogens is 1. The highest BCUT2D eigenvalue weighted by Crippen LogP contribution is 2.29. The van der Waals surface area contributed by atoms with E-state index < -0.39 is 0 Å². The van der Waals surface area contributed by atoms with Crippen molar-refractivity contribution >= 4 is 15.9 Å². The summed E-state index contributed by atoms with van der Waals surface area (Å²) < 4.78 is 1.01. The van der Waals surface area contributed by atoms with Crippen molar-refractivity contribution in [2.24, 2.45) is 5.92 Å². The van der Waals surface area contributed by atoms with Crippen LogP contribution >= 0.6 is 15.9 Å². The van der Waals surface area contributed by atoms with Crippen molar-refractivity contribution in [1.29, 1.82) is 0 Å². The highest BCUT2D eigenvalue weighted by Gasteiger charge is 2.23. The van der Waals surface area contributed by atoms with Gasteiger partial charge in [-0.15, -0.1) is 0 Å². The molecule has 0 radical (unpaired) electrons. The second-order valence-electron chi connectivity index (χ2n) is 5.58. The third kappa shape index (κ3) is 3.71. The molecular formula is C15H22BrNO2. The van der Waals surface area contributed by atoms with Crippen molar-refractivity contribution < 1.29 is 10.2 Å². The van der Waals surface area contributed by atoms with Crippen molar-refractivity contribution in [3.05, 3.63) is 27.7 Å². The summed E-state index contributed by atoms with van der Waals surface area (Å²) in [6.45, 7) is 6.55. The number of piperidine rings is 1. The Morgan fingerprint density at radius 3 is 2.58 bits per heavy atom. The summed E-state index contributed by atoms with van der Waals surface area (Å²) in [4.78, 5) is 2.35. The molecule has 3 nitrogen and oxygen atoms in total. The van der Waals surface area contributed by atoms with Gasteiger partial charge in [0.05, 0.1) is 6.10 Å². The minimum Gasteiger partial charge on any atom is -0.507 e. The molecular weight excluding hydrogens is 306 g/mol. The maximum Gasteiger partial charge on any atom is 0.123 e. The zero-order valence-corrected chi connectivity index (χ0v) is 13.2. The molecule has 1 unspecified atom stereocenters. The van der Waals surface area contributed by atoms with Crippen molar-refractivity contribution in [2.75, 3.05) is 13.1 Å². The maximum atomic E-state index is 10.1.